The zero-order valence-electron chi connectivity index (χ0n) is 15.2. The van der Waals surface area contributed by atoms with Gasteiger partial charge in [-0.2, -0.15) is 0 Å². The van der Waals surface area contributed by atoms with Crippen molar-refractivity contribution in [3.8, 4) is 0 Å². The average molecular weight is 391 g/mol. The third kappa shape index (κ3) is 5.47. The molecule has 3 rings (SSSR count). The molecule has 0 atom stereocenters. The van der Waals surface area contributed by atoms with Gasteiger partial charge in [0, 0.05) is 29.7 Å². The second kappa shape index (κ2) is 9.75. The van der Waals surface area contributed by atoms with Crippen LogP contribution in [0.15, 0.2) is 48.5 Å². The maximum atomic E-state index is 6.42. The van der Waals surface area contributed by atoms with Gasteiger partial charge < -0.3 is 5.73 Å². The van der Waals surface area contributed by atoms with Crippen molar-refractivity contribution < 1.29 is 0 Å². The van der Waals surface area contributed by atoms with Crippen molar-refractivity contribution in [1.29, 1.82) is 0 Å². The molecule has 140 valence electrons. The molecule has 2 nitrogen and oxygen atoms in total. The Labute approximate surface area is 167 Å². The Morgan fingerprint density at radius 1 is 0.769 bits per heavy atom. The molecule has 0 bridgehead atoms. The summed E-state index contributed by atoms with van der Waals surface area (Å²) in [5, 5.41) is 1.67. The first-order valence-corrected chi connectivity index (χ1v) is 10.3. The summed E-state index contributed by atoms with van der Waals surface area (Å²) in [7, 11) is 0. The van der Waals surface area contributed by atoms with Gasteiger partial charge in [0.25, 0.3) is 0 Å². The maximum Gasteiger partial charge on any atom is 0.0451 e. The van der Waals surface area contributed by atoms with E-state index in [-0.39, 0.29) is 0 Å². The minimum Gasteiger partial charge on any atom is -0.330 e. The number of hydrogen-bond donors (Lipinski definition) is 1. The van der Waals surface area contributed by atoms with Gasteiger partial charge in [-0.25, -0.2) is 0 Å². The molecule has 26 heavy (non-hydrogen) atoms. The number of hydrogen-bond acceptors (Lipinski definition) is 2. The third-order valence-corrected chi connectivity index (χ3v) is 6.26. The molecular formula is C22H28Cl2N2. The molecule has 0 spiro atoms. The van der Waals surface area contributed by atoms with Crippen LogP contribution in [0.25, 0.3) is 0 Å². The molecule has 1 aliphatic rings. The SMILES string of the molecule is NCC1CCC(CN(Cc2ccccc2Cl)Cc2ccccc2Cl)CC1. The Morgan fingerprint density at radius 3 is 1.69 bits per heavy atom. The minimum absolute atomic E-state index is 0.715. The van der Waals surface area contributed by atoms with Crippen LogP contribution in [-0.2, 0) is 13.1 Å². The minimum atomic E-state index is 0.715. The Bertz CT molecular complexity index is 649. The number of benzene rings is 2. The van der Waals surface area contributed by atoms with Crippen molar-refractivity contribution in [2.75, 3.05) is 13.1 Å². The molecule has 2 aromatic carbocycles. The molecule has 0 saturated heterocycles. The van der Waals surface area contributed by atoms with Crippen LogP contribution in [0.2, 0.25) is 10.0 Å². The van der Waals surface area contributed by atoms with Crippen LogP contribution in [0.4, 0.5) is 0 Å². The normalized spacial score (nSPS) is 20.5. The van der Waals surface area contributed by atoms with Gasteiger partial charge in [0.05, 0.1) is 0 Å². The van der Waals surface area contributed by atoms with Crippen molar-refractivity contribution in [2.24, 2.45) is 17.6 Å². The van der Waals surface area contributed by atoms with Crippen LogP contribution in [0.5, 0.6) is 0 Å². The number of nitrogens with two attached hydrogens (primary N) is 1. The van der Waals surface area contributed by atoms with E-state index < -0.39 is 0 Å². The number of nitrogens with zero attached hydrogens (tertiary/aromatic N) is 1. The lowest BCUT2D eigenvalue weighted by atomic mass is 9.82. The van der Waals surface area contributed by atoms with E-state index in [1.807, 2.05) is 24.3 Å². The van der Waals surface area contributed by atoms with Gasteiger partial charge in [0.1, 0.15) is 0 Å². The van der Waals surface area contributed by atoms with E-state index in [4.69, 9.17) is 28.9 Å². The highest BCUT2D eigenvalue weighted by atomic mass is 35.5. The van der Waals surface area contributed by atoms with E-state index in [0.717, 1.165) is 42.1 Å². The molecular weight excluding hydrogens is 363 g/mol. The van der Waals surface area contributed by atoms with Crippen LogP contribution in [0, 0.1) is 11.8 Å². The molecule has 0 radical (unpaired) electrons. The van der Waals surface area contributed by atoms with Gasteiger partial charge in [-0.05, 0) is 67.3 Å². The summed E-state index contributed by atoms with van der Waals surface area (Å²) >= 11 is 12.8. The van der Waals surface area contributed by atoms with Gasteiger partial charge in [0.15, 0.2) is 0 Å². The molecule has 0 unspecified atom stereocenters. The third-order valence-electron chi connectivity index (χ3n) is 5.52. The second-order valence-corrected chi connectivity index (χ2v) is 8.29. The molecule has 1 saturated carbocycles. The number of halogens is 2. The summed E-state index contributed by atoms with van der Waals surface area (Å²) in [6, 6.07) is 16.3. The van der Waals surface area contributed by atoms with Crippen LogP contribution in [0.1, 0.15) is 36.8 Å². The monoisotopic (exact) mass is 390 g/mol. The molecule has 0 amide bonds. The van der Waals surface area contributed by atoms with Crippen molar-refractivity contribution in [3.63, 3.8) is 0 Å². The van der Waals surface area contributed by atoms with Gasteiger partial charge in [-0.15, -0.1) is 0 Å². The van der Waals surface area contributed by atoms with E-state index >= 15 is 0 Å². The smallest absolute Gasteiger partial charge is 0.0451 e. The van der Waals surface area contributed by atoms with E-state index in [9.17, 15) is 0 Å². The van der Waals surface area contributed by atoms with Crippen molar-refractivity contribution >= 4 is 23.2 Å². The fourth-order valence-corrected chi connectivity index (χ4v) is 4.33. The Hall–Kier alpha value is -1.06. The zero-order valence-corrected chi connectivity index (χ0v) is 16.7. The molecule has 0 aromatic heterocycles. The van der Waals surface area contributed by atoms with Crippen LogP contribution in [-0.4, -0.2) is 18.0 Å². The highest BCUT2D eigenvalue weighted by Crippen LogP contribution is 2.30. The quantitative estimate of drug-likeness (QED) is 0.650. The Balaban J connectivity index is 1.71. The Kier molecular flexibility index (Phi) is 7.39. The highest BCUT2D eigenvalue weighted by molar-refractivity contribution is 6.31. The predicted molar refractivity (Wildman–Crippen MR) is 112 cm³/mol. The lowest BCUT2D eigenvalue weighted by Crippen LogP contribution is -2.32. The van der Waals surface area contributed by atoms with Gasteiger partial charge >= 0.3 is 0 Å². The van der Waals surface area contributed by atoms with Gasteiger partial charge in [-0.1, -0.05) is 59.6 Å². The second-order valence-electron chi connectivity index (χ2n) is 7.47. The highest BCUT2D eigenvalue weighted by Gasteiger charge is 2.23. The molecule has 2 N–H and O–H groups in total. The van der Waals surface area contributed by atoms with Crippen molar-refractivity contribution in [1.82, 2.24) is 4.90 Å². The summed E-state index contributed by atoms with van der Waals surface area (Å²) in [4.78, 5) is 2.50. The first-order valence-electron chi connectivity index (χ1n) is 9.55. The summed E-state index contributed by atoms with van der Waals surface area (Å²) in [5.74, 6) is 1.44. The Morgan fingerprint density at radius 2 is 1.23 bits per heavy atom. The zero-order chi connectivity index (χ0) is 18.4. The molecule has 2 aromatic rings. The molecule has 0 aliphatic heterocycles. The summed E-state index contributed by atoms with van der Waals surface area (Å²) in [5.41, 5.74) is 8.20. The maximum absolute atomic E-state index is 6.42. The standard InChI is InChI=1S/C22H28Cl2N2/c23-21-7-3-1-5-19(21)15-26(16-20-6-2-4-8-22(20)24)14-18-11-9-17(13-25)10-12-18/h1-8,17-18H,9-16,25H2. The average Bonchev–Trinajstić information content (AvgIpc) is 2.66. The molecule has 0 heterocycles. The molecule has 1 fully saturated rings. The van der Waals surface area contributed by atoms with Crippen LogP contribution in [0.3, 0.4) is 0 Å². The van der Waals surface area contributed by atoms with E-state index in [2.05, 4.69) is 29.2 Å². The first kappa shape index (κ1) is 19.7. The lowest BCUT2D eigenvalue weighted by Gasteiger charge is -2.33. The fourth-order valence-electron chi connectivity index (χ4n) is 3.93. The topological polar surface area (TPSA) is 29.3 Å². The largest absolute Gasteiger partial charge is 0.330 e. The van der Waals surface area contributed by atoms with Crippen molar-refractivity contribution in [2.45, 2.75) is 38.8 Å². The lowest BCUT2D eigenvalue weighted by molar-refractivity contribution is 0.170. The van der Waals surface area contributed by atoms with Gasteiger partial charge in [0.2, 0.25) is 0 Å². The number of rotatable bonds is 7. The first-order chi connectivity index (χ1) is 12.7. The molecule has 1 aliphatic carbocycles. The molecule has 4 heteroatoms. The summed E-state index contributed by atoms with van der Waals surface area (Å²) in [6.07, 6.45) is 5.05. The van der Waals surface area contributed by atoms with Crippen LogP contribution >= 0.6 is 23.2 Å². The van der Waals surface area contributed by atoms with E-state index in [1.54, 1.807) is 0 Å². The predicted octanol–water partition coefficient (Wildman–Crippen LogP) is 5.76. The van der Waals surface area contributed by atoms with Crippen molar-refractivity contribution in [3.05, 3.63) is 69.7 Å². The summed E-state index contributed by atoms with van der Waals surface area (Å²) in [6.45, 7) is 3.60. The van der Waals surface area contributed by atoms with E-state index in [0.29, 0.717) is 5.92 Å². The van der Waals surface area contributed by atoms with Gasteiger partial charge in [-0.3, -0.25) is 4.90 Å². The fraction of sp³-hybridized carbons (Fsp3) is 0.455. The van der Waals surface area contributed by atoms with Crippen LogP contribution < -0.4 is 5.73 Å². The summed E-state index contributed by atoms with van der Waals surface area (Å²) < 4.78 is 0. The van der Waals surface area contributed by atoms with E-state index in [1.165, 1.54) is 36.8 Å².